The maximum absolute atomic E-state index is 10.8. The average molecular weight is 300 g/mol. The molecule has 0 saturated carbocycles. The third-order valence-corrected chi connectivity index (χ3v) is 2.76. The van der Waals surface area contributed by atoms with Gasteiger partial charge in [0, 0.05) is 16.7 Å². The minimum Gasteiger partial charge on any atom is -0.496 e. The Balaban J connectivity index is 3.32. The van der Waals surface area contributed by atoms with Crippen molar-refractivity contribution in [3.63, 3.8) is 0 Å². The van der Waals surface area contributed by atoms with Crippen LogP contribution in [0.3, 0.4) is 0 Å². The molecule has 0 heterocycles. The molecule has 0 spiro atoms. The van der Waals surface area contributed by atoms with Crippen LogP contribution >= 0.6 is 22.3 Å². The van der Waals surface area contributed by atoms with Gasteiger partial charge in [0.2, 0.25) is 0 Å². The quantitative estimate of drug-likeness (QED) is 0.829. The van der Waals surface area contributed by atoms with E-state index in [4.69, 9.17) is 32.1 Å². The number of rotatable bonds is 4. The van der Waals surface area contributed by atoms with Gasteiger partial charge in [-0.1, -0.05) is 11.6 Å². The first-order chi connectivity index (χ1) is 7.74. The van der Waals surface area contributed by atoms with Crippen molar-refractivity contribution in [2.24, 2.45) is 0 Å². The molecule has 0 aliphatic heterocycles. The standard InChI is InChI=1S/C8H7Cl2NO5S/c1-16-7-3-6(11-17(10,14)15)5(9)2-4(7)8(12)13/h2-3,11H,1H3,(H,12,13). The lowest BCUT2D eigenvalue weighted by Gasteiger charge is -2.10. The first-order valence-corrected chi connectivity index (χ1v) is 6.76. The number of nitrogens with one attached hydrogen (secondary N) is 1. The normalized spacial score (nSPS) is 11.0. The molecule has 0 fully saturated rings. The number of methoxy groups -OCH3 is 1. The first kappa shape index (κ1) is 13.9. The van der Waals surface area contributed by atoms with Crippen LogP contribution in [0.25, 0.3) is 0 Å². The Morgan fingerprint density at radius 1 is 1.47 bits per heavy atom. The number of aromatic carboxylic acids is 1. The minimum atomic E-state index is -4.02. The molecule has 0 radical (unpaired) electrons. The minimum absolute atomic E-state index is 0.0373. The summed E-state index contributed by atoms with van der Waals surface area (Å²) >= 11 is 5.70. The molecule has 94 valence electrons. The van der Waals surface area contributed by atoms with Gasteiger partial charge in [0.25, 0.3) is 0 Å². The molecule has 0 bridgehead atoms. The summed E-state index contributed by atoms with van der Waals surface area (Å²) < 4.78 is 28.3. The molecular weight excluding hydrogens is 293 g/mol. The van der Waals surface area contributed by atoms with Crippen molar-refractivity contribution in [1.29, 1.82) is 0 Å². The predicted molar refractivity (Wildman–Crippen MR) is 63.4 cm³/mol. The van der Waals surface area contributed by atoms with Crippen molar-refractivity contribution in [1.82, 2.24) is 0 Å². The molecule has 0 amide bonds. The summed E-state index contributed by atoms with van der Waals surface area (Å²) in [4.78, 5) is 10.8. The van der Waals surface area contributed by atoms with Crippen LogP contribution in [0.5, 0.6) is 5.75 Å². The molecule has 17 heavy (non-hydrogen) atoms. The molecule has 1 rings (SSSR count). The fourth-order valence-electron chi connectivity index (χ4n) is 1.10. The van der Waals surface area contributed by atoms with Crippen molar-refractivity contribution >= 4 is 43.2 Å². The van der Waals surface area contributed by atoms with Gasteiger partial charge in [-0.3, -0.25) is 4.72 Å². The second-order valence-electron chi connectivity index (χ2n) is 2.88. The summed E-state index contributed by atoms with van der Waals surface area (Å²) in [6.45, 7) is 0. The number of halogens is 2. The van der Waals surface area contributed by atoms with E-state index in [1.54, 1.807) is 0 Å². The molecule has 6 nitrogen and oxygen atoms in total. The third kappa shape index (κ3) is 3.65. The van der Waals surface area contributed by atoms with Gasteiger partial charge < -0.3 is 9.84 Å². The molecule has 0 atom stereocenters. The van der Waals surface area contributed by atoms with E-state index in [-0.39, 0.29) is 22.0 Å². The molecule has 0 aromatic heterocycles. The van der Waals surface area contributed by atoms with Gasteiger partial charge in [-0.05, 0) is 6.07 Å². The number of benzene rings is 1. The maximum Gasteiger partial charge on any atom is 0.339 e. The number of carbonyl (C=O) groups is 1. The summed E-state index contributed by atoms with van der Waals surface area (Å²) in [5.41, 5.74) is -0.251. The van der Waals surface area contributed by atoms with Gasteiger partial charge >= 0.3 is 15.2 Å². The van der Waals surface area contributed by atoms with Crippen molar-refractivity contribution in [3.05, 3.63) is 22.7 Å². The molecule has 1 aromatic carbocycles. The second-order valence-corrected chi connectivity index (χ2v) is 5.58. The van der Waals surface area contributed by atoms with Crippen LogP contribution in [0.4, 0.5) is 5.69 Å². The summed E-state index contributed by atoms with van der Waals surface area (Å²) in [5.74, 6) is -1.28. The Kier molecular flexibility index (Phi) is 4.07. The van der Waals surface area contributed by atoms with Crippen molar-refractivity contribution < 1.29 is 23.1 Å². The molecule has 9 heteroatoms. The highest BCUT2D eigenvalue weighted by Crippen LogP contribution is 2.31. The molecule has 0 aliphatic carbocycles. The number of carboxylic acid groups (broad SMARTS) is 1. The van der Waals surface area contributed by atoms with Crippen LogP contribution in [0.2, 0.25) is 5.02 Å². The van der Waals surface area contributed by atoms with E-state index in [2.05, 4.69) is 0 Å². The predicted octanol–water partition coefficient (Wildman–Crippen LogP) is 1.94. The number of hydrogen-bond donors (Lipinski definition) is 2. The van der Waals surface area contributed by atoms with E-state index in [0.717, 1.165) is 12.1 Å². The summed E-state index contributed by atoms with van der Waals surface area (Å²) in [6.07, 6.45) is 0. The summed E-state index contributed by atoms with van der Waals surface area (Å²) in [7, 11) is 2.20. The van der Waals surface area contributed by atoms with Gasteiger partial charge in [-0.2, -0.15) is 8.42 Å². The Morgan fingerprint density at radius 3 is 2.47 bits per heavy atom. The van der Waals surface area contributed by atoms with E-state index in [1.807, 2.05) is 4.72 Å². The fraction of sp³-hybridized carbons (Fsp3) is 0.125. The highest BCUT2D eigenvalue weighted by molar-refractivity contribution is 8.14. The van der Waals surface area contributed by atoms with Gasteiger partial charge in [-0.15, -0.1) is 0 Å². The SMILES string of the molecule is COc1cc(NS(=O)(=O)Cl)c(Cl)cc1C(=O)O. The Labute approximate surface area is 107 Å². The van der Waals surface area contributed by atoms with E-state index >= 15 is 0 Å². The zero-order chi connectivity index (χ0) is 13.2. The number of hydrogen-bond acceptors (Lipinski definition) is 4. The topological polar surface area (TPSA) is 92.7 Å². The van der Waals surface area contributed by atoms with Crippen LogP contribution in [-0.2, 0) is 9.24 Å². The van der Waals surface area contributed by atoms with Gasteiger partial charge in [-0.25, -0.2) is 4.79 Å². The van der Waals surface area contributed by atoms with Crippen molar-refractivity contribution in [2.45, 2.75) is 0 Å². The number of ether oxygens (including phenoxy) is 1. The lowest BCUT2D eigenvalue weighted by atomic mass is 10.2. The first-order valence-electron chi connectivity index (χ1n) is 4.08. The highest BCUT2D eigenvalue weighted by atomic mass is 35.7. The van der Waals surface area contributed by atoms with Crippen LogP contribution in [0, 0.1) is 0 Å². The highest BCUT2D eigenvalue weighted by Gasteiger charge is 2.17. The summed E-state index contributed by atoms with van der Waals surface area (Å²) in [6, 6.07) is 2.19. The maximum atomic E-state index is 10.8. The van der Waals surface area contributed by atoms with Gasteiger partial charge in [0.05, 0.1) is 17.8 Å². The molecule has 0 saturated heterocycles. The van der Waals surface area contributed by atoms with Crippen LogP contribution < -0.4 is 9.46 Å². The summed E-state index contributed by atoms with van der Waals surface area (Å²) in [5, 5.41) is 8.74. The number of anilines is 1. The van der Waals surface area contributed by atoms with E-state index < -0.39 is 15.2 Å². The molecular formula is C8H7Cl2NO5S. The third-order valence-electron chi connectivity index (χ3n) is 1.75. The van der Waals surface area contributed by atoms with Crippen molar-refractivity contribution in [3.8, 4) is 5.75 Å². The lowest BCUT2D eigenvalue weighted by molar-refractivity contribution is 0.0693. The lowest BCUT2D eigenvalue weighted by Crippen LogP contribution is -2.07. The van der Waals surface area contributed by atoms with Crippen LogP contribution in [-0.4, -0.2) is 26.6 Å². The van der Waals surface area contributed by atoms with Gasteiger partial charge in [0.1, 0.15) is 11.3 Å². The molecule has 2 N–H and O–H groups in total. The number of carboxylic acids is 1. The molecule has 0 aliphatic rings. The molecule has 1 aromatic rings. The van der Waals surface area contributed by atoms with Crippen LogP contribution in [0.15, 0.2) is 12.1 Å². The zero-order valence-corrected chi connectivity index (χ0v) is 10.7. The van der Waals surface area contributed by atoms with Gasteiger partial charge in [0.15, 0.2) is 0 Å². The zero-order valence-electron chi connectivity index (χ0n) is 8.40. The van der Waals surface area contributed by atoms with Crippen molar-refractivity contribution in [2.75, 3.05) is 11.8 Å². The molecule has 0 unspecified atom stereocenters. The smallest absolute Gasteiger partial charge is 0.339 e. The second kappa shape index (κ2) is 4.99. The van der Waals surface area contributed by atoms with Crippen LogP contribution in [0.1, 0.15) is 10.4 Å². The van der Waals surface area contributed by atoms with E-state index in [9.17, 15) is 13.2 Å². The Morgan fingerprint density at radius 2 is 2.06 bits per heavy atom. The Hall–Kier alpha value is -1.18. The average Bonchev–Trinajstić information content (AvgIpc) is 2.18. The van der Waals surface area contributed by atoms with E-state index in [0.29, 0.717) is 0 Å². The largest absolute Gasteiger partial charge is 0.496 e. The fourth-order valence-corrected chi connectivity index (χ4v) is 2.05. The Bertz CT molecular complexity index is 557. The monoisotopic (exact) mass is 299 g/mol. The van der Waals surface area contributed by atoms with E-state index in [1.165, 1.54) is 7.11 Å².